The lowest BCUT2D eigenvalue weighted by Gasteiger charge is -2.27. The molecule has 0 saturated heterocycles. The standard InChI is InChI=1S/C23H20O3/c1-26-18-13-11-17(12-14-18)23(22(24)25)15-20(16-7-3-2-4-8-16)19-9-5-6-10-21(19)23/h2-14,20H,15H2,1H3,(H,24,25). The molecule has 3 aromatic rings. The number of benzene rings is 3. The fourth-order valence-electron chi connectivity index (χ4n) is 4.17. The van der Waals surface area contributed by atoms with Crippen molar-refractivity contribution in [3.63, 3.8) is 0 Å². The summed E-state index contributed by atoms with van der Waals surface area (Å²) in [6.45, 7) is 0. The molecule has 2 atom stereocenters. The number of carbonyl (C=O) groups is 1. The van der Waals surface area contributed by atoms with Crippen molar-refractivity contribution < 1.29 is 14.6 Å². The molecule has 3 heteroatoms. The molecule has 0 heterocycles. The van der Waals surface area contributed by atoms with Gasteiger partial charge >= 0.3 is 5.97 Å². The van der Waals surface area contributed by atoms with Crippen LogP contribution < -0.4 is 4.74 Å². The van der Waals surface area contributed by atoms with E-state index in [0.717, 1.165) is 28.0 Å². The van der Waals surface area contributed by atoms with Crippen LogP contribution >= 0.6 is 0 Å². The van der Waals surface area contributed by atoms with E-state index in [9.17, 15) is 9.90 Å². The molecule has 0 amide bonds. The minimum Gasteiger partial charge on any atom is -0.497 e. The second kappa shape index (κ2) is 6.34. The average Bonchev–Trinajstić information content (AvgIpc) is 3.05. The predicted octanol–water partition coefficient (Wildman–Crippen LogP) is 4.60. The third-order valence-electron chi connectivity index (χ3n) is 5.46. The van der Waals surface area contributed by atoms with Crippen molar-refractivity contribution in [2.75, 3.05) is 7.11 Å². The van der Waals surface area contributed by atoms with Gasteiger partial charge in [-0.3, -0.25) is 4.79 Å². The number of hydrogen-bond acceptors (Lipinski definition) is 2. The molecular weight excluding hydrogens is 324 g/mol. The zero-order chi connectivity index (χ0) is 18.1. The van der Waals surface area contributed by atoms with Gasteiger partial charge in [0.15, 0.2) is 0 Å². The molecule has 1 N–H and O–H groups in total. The van der Waals surface area contributed by atoms with E-state index in [4.69, 9.17) is 4.74 Å². The second-order valence-corrected chi connectivity index (χ2v) is 6.69. The van der Waals surface area contributed by atoms with Gasteiger partial charge in [0.2, 0.25) is 0 Å². The summed E-state index contributed by atoms with van der Waals surface area (Å²) < 4.78 is 5.24. The number of carboxylic acid groups (broad SMARTS) is 1. The lowest BCUT2D eigenvalue weighted by Crippen LogP contribution is -2.35. The van der Waals surface area contributed by atoms with Crippen molar-refractivity contribution in [3.05, 3.63) is 101 Å². The Morgan fingerprint density at radius 1 is 0.962 bits per heavy atom. The fraction of sp³-hybridized carbons (Fsp3) is 0.174. The SMILES string of the molecule is COc1ccc(C2(C(=O)O)CC(c3ccccc3)c3ccccc32)cc1. The first-order chi connectivity index (χ1) is 12.7. The molecule has 0 bridgehead atoms. The Morgan fingerprint density at radius 3 is 2.27 bits per heavy atom. The summed E-state index contributed by atoms with van der Waals surface area (Å²) in [5, 5.41) is 10.3. The van der Waals surface area contributed by atoms with Gasteiger partial charge < -0.3 is 9.84 Å². The van der Waals surface area contributed by atoms with E-state index in [-0.39, 0.29) is 5.92 Å². The number of aliphatic carboxylic acids is 1. The number of ether oxygens (including phenoxy) is 1. The van der Waals surface area contributed by atoms with Crippen LogP contribution in [0.3, 0.4) is 0 Å². The molecule has 0 radical (unpaired) electrons. The van der Waals surface area contributed by atoms with Crippen LogP contribution in [0.15, 0.2) is 78.9 Å². The van der Waals surface area contributed by atoms with Crippen molar-refractivity contribution in [1.82, 2.24) is 0 Å². The molecule has 1 aliphatic rings. The number of fused-ring (bicyclic) bond motifs is 1. The van der Waals surface area contributed by atoms with Crippen LogP contribution in [0, 0.1) is 0 Å². The first-order valence-corrected chi connectivity index (χ1v) is 8.69. The van der Waals surface area contributed by atoms with Gasteiger partial charge in [-0.05, 0) is 40.8 Å². The molecule has 130 valence electrons. The fourth-order valence-corrected chi connectivity index (χ4v) is 4.17. The first-order valence-electron chi connectivity index (χ1n) is 8.69. The van der Waals surface area contributed by atoms with E-state index in [0.29, 0.717) is 6.42 Å². The van der Waals surface area contributed by atoms with Crippen LogP contribution in [0.4, 0.5) is 0 Å². The monoisotopic (exact) mass is 344 g/mol. The Bertz CT molecular complexity index is 931. The van der Waals surface area contributed by atoms with E-state index in [1.807, 2.05) is 60.7 Å². The number of carboxylic acids is 1. The van der Waals surface area contributed by atoms with Gasteiger partial charge in [0, 0.05) is 5.92 Å². The van der Waals surface area contributed by atoms with Gasteiger partial charge in [0.05, 0.1) is 7.11 Å². The van der Waals surface area contributed by atoms with Crippen LogP contribution in [-0.2, 0) is 10.2 Å². The van der Waals surface area contributed by atoms with Crippen molar-refractivity contribution in [3.8, 4) is 5.75 Å². The molecule has 3 nitrogen and oxygen atoms in total. The number of hydrogen-bond donors (Lipinski definition) is 1. The molecule has 0 saturated carbocycles. The Balaban J connectivity index is 1.91. The largest absolute Gasteiger partial charge is 0.497 e. The van der Waals surface area contributed by atoms with E-state index in [1.54, 1.807) is 7.11 Å². The Hall–Kier alpha value is -3.07. The Morgan fingerprint density at radius 2 is 1.62 bits per heavy atom. The van der Waals surface area contributed by atoms with Gasteiger partial charge in [-0.15, -0.1) is 0 Å². The van der Waals surface area contributed by atoms with Gasteiger partial charge in [-0.2, -0.15) is 0 Å². The molecule has 0 fully saturated rings. The minimum absolute atomic E-state index is 0.0607. The maximum atomic E-state index is 12.6. The molecule has 1 aliphatic carbocycles. The predicted molar refractivity (Wildman–Crippen MR) is 101 cm³/mol. The van der Waals surface area contributed by atoms with Crippen LogP contribution in [0.1, 0.15) is 34.6 Å². The molecule has 0 aliphatic heterocycles. The van der Waals surface area contributed by atoms with E-state index < -0.39 is 11.4 Å². The summed E-state index contributed by atoms with van der Waals surface area (Å²) >= 11 is 0. The van der Waals surface area contributed by atoms with Crippen LogP contribution in [0.5, 0.6) is 5.75 Å². The van der Waals surface area contributed by atoms with Crippen LogP contribution in [0.25, 0.3) is 0 Å². The smallest absolute Gasteiger partial charge is 0.318 e. The van der Waals surface area contributed by atoms with E-state index in [1.165, 1.54) is 0 Å². The van der Waals surface area contributed by atoms with Crippen molar-refractivity contribution in [2.45, 2.75) is 17.8 Å². The first kappa shape index (κ1) is 16.4. The number of rotatable bonds is 4. The van der Waals surface area contributed by atoms with Gasteiger partial charge in [0.25, 0.3) is 0 Å². The highest BCUT2D eigenvalue weighted by Gasteiger charge is 2.51. The summed E-state index contributed by atoms with van der Waals surface area (Å²) in [4.78, 5) is 12.6. The number of methoxy groups -OCH3 is 1. The maximum absolute atomic E-state index is 12.6. The lowest BCUT2D eigenvalue weighted by atomic mass is 9.74. The highest BCUT2D eigenvalue weighted by molar-refractivity contribution is 5.88. The molecule has 4 rings (SSSR count). The normalized spacial score (nSPS) is 21.2. The van der Waals surface area contributed by atoms with Gasteiger partial charge in [0.1, 0.15) is 11.2 Å². The highest BCUT2D eigenvalue weighted by atomic mass is 16.5. The molecule has 2 unspecified atom stereocenters. The highest BCUT2D eigenvalue weighted by Crippen LogP contribution is 2.52. The van der Waals surface area contributed by atoms with Crippen molar-refractivity contribution in [2.24, 2.45) is 0 Å². The Kier molecular flexibility index (Phi) is 4.00. The van der Waals surface area contributed by atoms with Gasteiger partial charge in [-0.1, -0.05) is 66.7 Å². The summed E-state index contributed by atoms with van der Waals surface area (Å²) in [6, 6.07) is 25.5. The minimum atomic E-state index is -1.05. The molecule has 0 aromatic heterocycles. The zero-order valence-corrected chi connectivity index (χ0v) is 14.6. The molecule has 3 aromatic carbocycles. The molecule has 0 spiro atoms. The molecular formula is C23H20O3. The summed E-state index contributed by atoms with van der Waals surface area (Å²) in [5.74, 6) is -0.0284. The van der Waals surface area contributed by atoms with Crippen molar-refractivity contribution in [1.29, 1.82) is 0 Å². The van der Waals surface area contributed by atoms with E-state index >= 15 is 0 Å². The topological polar surface area (TPSA) is 46.5 Å². The van der Waals surface area contributed by atoms with Crippen LogP contribution in [0.2, 0.25) is 0 Å². The zero-order valence-electron chi connectivity index (χ0n) is 14.6. The third kappa shape index (κ3) is 2.39. The third-order valence-corrected chi connectivity index (χ3v) is 5.46. The Labute approximate surface area is 152 Å². The summed E-state index contributed by atoms with van der Waals surface area (Å²) in [5.41, 5.74) is 2.86. The van der Waals surface area contributed by atoms with Crippen molar-refractivity contribution >= 4 is 5.97 Å². The second-order valence-electron chi connectivity index (χ2n) is 6.69. The summed E-state index contributed by atoms with van der Waals surface area (Å²) in [6.07, 6.45) is 0.512. The quantitative estimate of drug-likeness (QED) is 0.752. The lowest BCUT2D eigenvalue weighted by molar-refractivity contribution is -0.142. The molecule has 26 heavy (non-hydrogen) atoms. The summed E-state index contributed by atoms with van der Waals surface area (Å²) in [7, 11) is 1.61. The average molecular weight is 344 g/mol. The van der Waals surface area contributed by atoms with Gasteiger partial charge in [-0.25, -0.2) is 0 Å². The van der Waals surface area contributed by atoms with E-state index in [2.05, 4.69) is 18.2 Å². The van der Waals surface area contributed by atoms with Crippen LogP contribution in [-0.4, -0.2) is 18.2 Å². The maximum Gasteiger partial charge on any atom is 0.318 e.